The van der Waals surface area contributed by atoms with Crippen LogP contribution in [0.4, 0.5) is 9.57 Å². The van der Waals surface area contributed by atoms with Gasteiger partial charge in [-0.05, 0) is 12.1 Å². The van der Waals surface area contributed by atoms with Crippen molar-refractivity contribution in [2.45, 2.75) is 0 Å². The van der Waals surface area contributed by atoms with E-state index in [1.807, 2.05) is 0 Å². The molecule has 0 bridgehead atoms. The van der Waals surface area contributed by atoms with E-state index < -0.39 is 10.4 Å². The van der Waals surface area contributed by atoms with Crippen molar-refractivity contribution in [2.75, 3.05) is 5.43 Å². The molecule has 0 heterocycles. The SMILES string of the molecule is O=S(=O)(F)NNc1ccccc1. The molecular formula is C6H7FN2O2S. The van der Waals surface area contributed by atoms with E-state index in [0.717, 1.165) is 0 Å². The van der Waals surface area contributed by atoms with E-state index in [2.05, 4.69) is 5.43 Å². The lowest BCUT2D eigenvalue weighted by Gasteiger charge is -2.02. The highest BCUT2D eigenvalue weighted by molar-refractivity contribution is 7.84. The van der Waals surface area contributed by atoms with Crippen LogP contribution in [0, 0.1) is 0 Å². The third-order valence-corrected chi connectivity index (χ3v) is 1.44. The van der Waals surface area contributed by atoms with E-state index >= 15 is 0 Å². The predicted octanol–water partition coefficient (Wildman–Crippen LogP) is 0.817. The molecule has 0 aliphatic carbocycles. The number of anilines is 1. The van der Waals surface area contributed by atoms with Crippen LogP contribution in [0.5, 0.6) is 0 Å². The summed E-state index contributed by atoms with van der Waals surface area (Å²) in [5.74, 6) is 0. The van der Waals surface area contributed by atoms with Crippen LogP contribution in [0.3, 0.4) is 0 Å². The lowest BCUT2D eigenvalue weighted by Crippen LogP contribution is -2.25. The third-order valence-electron chi connectivity index (χ3n) is 1.09. The maximum absolute atomic E-state index is 11.9. The molecule has 0 fully saturated rings. The monoisotopic (exact) mass is 190 g/mol. The second kappa shape index (κ2) is 3.51. The molecule has 0 amide bonds. The van der Waals surface area contributed by atoms with Gasteiger partial charge in [-0.25, -0.2) is 0 Å². The van der Waals surface area contributed by atoms with Gasteiger partial charge in [0.25, 0.3) is 0 Å². The minimum Gasteiger partial charge on any atom is -0.306 e. The zero-order chi connectivity index (χ0) is 9.03. The molecule has 0 saturated heterocycles. The van der Waals surface area contributed by atoms with E-state index in [1.54, 1.807) is 30.3 Å². The van der Waals surface area contributed by atoms with Gasteiger partial charge in [-0.2, -0.15) is 8.42 Å². The predicted molar refractivity (Wildman–Crippen MR) is 43.2 cm³/mol. The van der Waals surface area contributed by atoms with Crippen molar-refractivity contribution >= 4 is 16.1 Å². The average molecular weight is 190 g/mol. The fourth-order valence-electron chi connectivity index (χ4n) is 0.641. The highest BCUT2D eigenvalue weighted by Crippen LogP contribution is 2.02. The van der Waals surface area contributed by atoms with Gasteiger partial charge in [0.1, 0.15) is 0 Å². The summed E-state index contributed by atoms with van der Waals surface area (Å²) in [4.78, 5) is 1.49. The summed E-state index contributed by atoms with van der Waals surface area (Å²) in [6.07, 6.45) is 0. The molecule has 12 heavy (non-hydrogen) atoms. The van der Waals surface area contributed by atoms with E-state index in [9.17, 15) is 12.3 Å². The minimum absolute atomic E-state index is 0.471. The Hall–Kier alpha value is -1.14. The van der Waals surface area contributed by atoms with Crippen molar-refractivity contribution in [1.82, 2.24) is 4.83 Å². The molecular weight excluding hydrogens is 183 g/mol. The van der Waals surface area contributed by atoms with Crippen LogP contribution in [-0.2, 0) is 10.4 Å². The summed E-state index contributed by atoms with van der Waals surface area (Å²) >= 11 is 0. The first kappa shape index (κ1) is 8.95. The Bertz CT molecular complexity index is 338. The lowest BCUT2D eigenvalue weighted by atomic mass is 10.3. The number of benzene rings is 1. The average Bonchev–Trinajstić information content (AvgIpc) is 2.02. The van der Waals surface area contributed by atoms with Crippen molar-refractivity contribution in [1.29, 1.82) is 0 Å². The fraction of sp³-hybridized carbons (Fsp3) is 0. The van der Waals surface area contributed by atoms with Gasteiger partial charge < -0.3 is 5.43 Å². The summed E-state index contributed by atoms with van der Waals surface area (Å²) in [7, 11) is -4.68. The Labute approximate surface area is 69.7 Å². The molecule has 0 aromatic heterocycles. The first-order valence-electron chi connectivity index (χ1n) is 3.10. The number of hydrazine groups is 1. The fourth-order valence-corrected chi connectivity index (χ4v) is 0.881. The number of hydrogen-bond donors (Lipinski definition) is 2. The van der Waals surface area contributed by atoms with Crippen molar-refractivity contribution in [3.05, 3.63) is 30.3 Å². The van der Waals surface area contributed by atoms with E-state index in [1.165, 1.54) is 4.83 Å². The molecule has 0 saturated carbocycles. The largest absolute Gasteiger partial charge is 0.389 e. The second-order valence-electron chi connectivity index (χ2n) is 2.03. The number of para-hydroxylation sites is 1. The van der Waals surface area contributed by atoms with Gasteiger partial charge in [0.15, 0.2) is 0 Å². The molecule has 0 radical (unpaired) electrons. The summed E-state index contributed by atoms with van der Waals surface area (Å²) in [6.45, 7) is 0. The summed E-state index contributed by atoms with van der Waals surface area (Å²) in [5, 5.41) is 0. The van der Waals surface area contributed by atoms with Crippen LogP contribution in [0.15, 0.2) is 30.3 Å². The van der Waals surface area contributed by atoms with Crippen LogP contribution in [0.2, 0.25) is 0 Å². The summed E-state index contributed by atoms with van der Waals surface area (Å²) < 4.78 is 31.8. The molecule has 0 aliphatic heterocycles. The number of hydrogen-bond acceptors (Lipinski definition) is 3. The molecule has 0 atom stereocenters. The zero-order valence-corrected chi connectivity index (χ0v) is 6.81. The Balaban J connectivity index is 2.56. The zero-order valence-electron chi connectivity index (χ0n) is 5.99. The molecule has 1 rings (SSSR count). The summed E-state index contributed by atoms with van der Waals surface area (Å²) in [6, 6.07) is 8.33. The molecule has 0 unspecified atom stereocenters. The Morgan fingerprint density at radius 2 is 1.75 bits per heavy atom. The van der Waals surface area contributed by atoms with Gasteiger partial charge in [-0.1, -0.05) is 22.1 Å². The molecule has 6 heteroatoms. The molecule has 66 valence electrons. The van der Waals surface area contributed by atoms with Gasteiger partial charge in [0.2, 0.25) is 0 Å². The van der Waals surface area contributed by atoms with Crippen molar-refractivity contribution in [3.8, 4) is 0 Å². The van der Waals surface area contributed by atoms with Crippen molar-refractivity contribution in [2.24, 2.45) is 0 Å². The quantitative estimate of drug-likeness (QED) is 0.548. The van der Waals surface area contributed by atoms with Crippen LogP contribution in [0.25, 0.3) is 0 Å². The van der Waals surface area contributed by atoms with Crippen LogP contribution in [0.1, 0.15) is 0 Å². The van der Waals surface area contributed by atoms with Crippen LogP contribution < -0.4 is 10.3 Å². The second-order valence-corrected chi connectivity index (χ2v) is 3.11. The Morgan fingerprint density at radius 3 is 2.25 bits per heavy atom. The summed E-state index contributed by atoms with van der Waals surface area (Å²) in [5.41, 5.74) is 2.64. The molecule has 1 aromatic carbocycles. The molecule has 2 N–H and O–H groups in total. The highest BCUT2D eigenvalue weighted by atomic mass is 32.3. The van der Waals surface area contributed by atoms with E-state index in [0.29, 0.717) is 5.69 Å². The normalized spacial score (nSPS) is 11.1. The van der Waals surface area contributed by atoms with Gasteiger partial charge >= 0.3 is 10.4 Å². The number of nitrogens with one attached hydrogen (secondary N) is 2. The minimum atomic E-state index is -4.68. The van der Waals surface area contributed by atoms with Gasteiger partial charge in [-0.3, -0.25) is 0 Å². The van der Waals surface area contributed by atoms with Crippen LogP contribution in [-0.4, -0.2) is 8.42 Å². The first-order chi connectivity index (χ1) is 5.58. The maximum Gasteiger partial charge on any atom is 0.389 e. The van der Waals surface area contributed by atoms with Crippen molar-refractivity contribution < 1.29 is 12.3 Å². The highest BCUT2D eigenvalue weighted by Gasteiger charge is 2.02. The molecule has 0 aliphatic rings. The van der Waals surface area contributed by atoms with Crippen LogP contribution >= 0.6 is 0 Å². The van der Waals surface area contributed by atoms with Gasteiger partial charge in [0.05, 0.1) is 0 Å². The molecule has 0 spiro atoms. The van der Waals surface area contributed by atoms with E-state index in [4.69, 9.17) is 0 Å². The molecule has 4 nitrogen and oxygen atoms in total. The first-order valence-corrected chi connectivity index (χ1v) is 4.49. The smallest absolute Gasteiger partial charge is 0.306 e. The van der Waals surface area contributed by atoms with E-state index in [-0.39, 0.29) is 0 Å². The Morgan fingerprint density at radius 1 is 1.17 bits per heavy atom. The topological polar surface area (TPSA) is 58.2 Å². The van der Waals surface area contributed by atoms with Gasteiger partial charge in [-0.15, -0.1) is 4.83 Å². The standard InChI is InChI=1S/C6H7FN2O2S/c7-12(10,11)9-8-6-4-2-1-3-5-6/h1-5,8-9H. The number of halogens is 1. The number of rotatable bonds is 3. The third kappa shape index (κ3) is 3.31. The van der Waals surface area contributed by atoms with Gasteiger partial charge in [0, 0.05) is 5.69 Å². The maximum atomic E-state index is 11.9. The van der Waals surface area contributed by atoms with Crippen molar-refractivity contribution in [3.63, 3.8) is 0 Å². The lowest BCUT2D eigenvalue weighted by molar-refractivity contribution is 0.542. The molecule has 1 aromatic rings. The Kier molecular flexibility index (Phi) is 2.61.